The number of para-hydroxylation sites is 1. The van der Waals surface area contributed by atoms with Gasteiger partial charge < -0.3 is 10.2 Å². The Morgan fingerprint density at radius 3 is 2.35 bits per heavy atom. The van der Waals surface area contributed by atoms with Crippen molar-refractivity contribution >= 4 is 33.4 Å². The van der Waals surface area contributed by atoms with Crippen molar-refractivity contribution < 1.29 is 13.2 Å². The third-order valence-electron chi connectivity index (χ3n) is 6.90. The Balaban J connectivity index is 1.26. The first-order valence-electron chi connectivity index (χ1n) is 12.6. The average Bonchev–Trinajstić information content (AvgIpc) is 2.88. The number of fused-ring (bicyclic) bond motifs is 1. The zero-order chi connectivity index (χ0) is 26.0. The predicted molar refractivity (Wildman–Crippen MR) is 148 cm³/mol. The quantitative estimate of drug-likeness (QED) is 0.498. The van der Waals surface area contributed by atoms with Crippen LogP contribution in [0, 0.1) is 0 Å². The number of rotatable bonds is 6. The highest BCUT2D eigenvalue weighted by atomic mass is 32.2. The zero-order valence-corrected chi connectivity index (χ0v) is 21.9. The van der Waals surface area contributed by atoms with Gasteiger partial charge in [0.05, 0.1) is 5.69 Å². The van der Waals surface area contributed by atoms with Gasteiger partial charge in [0.1, 0.15) is 4.90 Å². The Labute approximate surface area is 218 Å². The maximum absolute atomic E-state index is 13.4. The van der Waals surface area contributed by atoms with Gasteiger partial charge in [-0.3, -0.25) is 14.4 Å². The smallest absolute Gasteiger partial charge is 0.263 e. The summed E-state index contributed by atoms with van der Waals surface area (Å²) < 4.78 is 28.9. The van der Waals surface area contributed by atoms with E-state index in [1.54, 1.807) is 36.4 Å². The summed E-state index contributed by atoms with van der Waals surface area (Å²) in [7, 11) is -3.81. The Morgan fingerprint density at radius 2 is 1.65 bits per heavy atom. The van der Waals surface area contributed by atoms with Gasteiger partial charge in [0.25, 0.3) is 15.9 Å². The SMILES string of the molecule is CC1CN(Cc2ccccc2)CC(C)N1C(=O)c1ccc(NS(=O)(=O)c2cccc3c2NCC=C3)cc1. The van der Waals surface area contributed by atoms with Crippen LogP contribution in [0.15, 0.2) is 83.8 Å². The first kappa shape index (κ1) is 25.0. The molecule has 37 heavy (non-hydrogen) atoms. The van der Waals surface area contributed by atoms with E-state index in [0.29, 0.717) is 23.5 Å². The molecule has 2 unspecified atom stereocenters. The van der Waals surface area contributed by atoms with Crippen molar-refractivity contribution in [3.63, 3.8) is 0 Å². The molecule has 0 bridgehead atoms. The molecule has 0 saturated carbocycles. The summed E-state index contributed by atoms with van der Waals surface area (Å²) in [5.74, 6) is -0.0399. The van der Waals surface area contributed by atoms with Gasteiger partial charge in [0.15, 0.2) is 0 Å². The number of benzene rings is 3. The van der Waals surface area contributed by atoms with Crippen LogP contribution in [0.25, 0.3) is 6.08 Å². The molecular weight excluding hydrogens is 484 g/mol. The first-order valence-corrected chi connectivity index (χ1v) is 14.1. The van der Waals surface area contributed by atoms with E-state index < -0.39 is 10.0 Å². The number of anilines is 2. The molecule has 2 heterocycles. The molecule has 3 aromatic carbocycles. The standard InChI is InChI=1S/C29H32N4O3S/c1-21-18-32(20-23-8-4-3-5-9-23)19-22(2)33(21)29(34)25-13-15-26(16-14-25)31-37(35,36)27-12-6-10-24-11-7-17-30-28(24)27/h3-16,21-22,30-31H,17-20H2,1-2H3. The maximum Gasteiger partial charge on any atom is 0.263 e. The third kappa shape index (κ3) is 5.40. The van der Waals surface area contributed by atoms with E-state index in [-0.39, 0.29) is 22.9 Å². The molecule has 5 rings (SSSR count). The van der Waals surface area contributed by atoms with Crippen LogP contribution >= 0.6 is 0 Å². The molecule has 2 N–H and O–H groups in total. The topological polar surface area (TPSA) is 81.8 Å². The minimum Gasteiger partial charge on any atom is -0.380 e. The second-order valence-electron chi connectivity index (χ2n) is 9.78. The van der Waals surface area contributed by atoms with Gasteiger partial charge in [-0.15, -0.1) is 0 Å². The van der Waals surface area contributed by atoms with Gasteiger partial charge in [0.2, 0.25) is 0 Å². The molecule has 8 heteroatoms. The lowest BCUT2D eigenvalue weighted by atomic mass is 10.0. The molecule has 1 saturated heterocycles. The van der Waals surface area contributed by atoms with Crippen LogP contribution in [0.3, 0.4) is 0 Å². The molecule has 192 valence electrons. The van der Waals surface area contributed by atoms with E-state index in [2.05, 4.69) is 40.9 Å². The highest BCUT2D eigenvalue weighted by Crippen LogP contribution is 2.30. The number of nitrogens with one attached hydrogen (secondary N) is 2. The Morgan fingerprint density at radius 1 is 0.946 bits per heavy atom. The van der Waals surface area contributed by atoms with Gasteiger partial charge in [-0.25, -0.2) is 8.42 Å². The van der Waals surface area contributed by atoms with Crippen LogP contribution in [0.1, 0.15) is 35.3 Å². The average molecular weight is 517 g/mol. The van der Waals surface area contributed by atoms with Crippen molar-refractivity contribution in [2.75, 3.05) is 29.7 Å². The molecule has 1 amide bonds. The highest BCUT2D eigenvalue weighted by Gasteiger charge is 2.33. The van der Waals surface area contributed by atoms with E-state index >= 15 is 0 Å². The summed E-state index contributed by atoms with van der Waals surface area (Å²) in [6.07, 6.45) is 3.86. The second kappa shape index (κ2) is 10.4. The Hall–Kier alpha value is -3.62. The van der Waals surface area contributed by atoms with Crippen LogP contribution in [0.4, 0.5) is 11.4 Å². The lowest BCUT2D eigenvalue weighted by molar-refractivity contribution is 0.0268. The molecule has 7 nitrogen and oxygen atoms in total. The summed E-state index contributed by atoms with van der Waals surface area (Å²) in [6.45, 7) is 7.20. The fourth-order valence-corrected chi connectivity index (χ4v) is 6.56. The third-order valence-corrected chi connectivity index (χ3v) is 8.33. The van der Waals surface area contributed by atoms with Crippen LogP contribution < -0.4 is 10.0 Å². The minimum atomic E-state index is -3.81. The second-order valence-corrected chi connectivity index (χ2v) is 11.4. The largest absolute Gasteiger partial charge is 0.380 e. The zero-order valence-electron chi connectivity index (χ0n) is 21.1. The van der Waals surface area contributed by atoms with Gasteiger partial charge in [-0.2, -0.15) is 0 Å². The Kier molecular flexibility index (Phi) is 7.04. The number of hydrogen-bond donors (Lipinski definition) is 2. The van der Waals surface area contributed by atoms with E-state index in [9.17, 15) is 13.2 Å². The van der Waals surface area contributed by atoms with Crippen molar-refractivity contribution in [1.82, 2.24) is 9.80 Å². The molecule has 0 aliphatic carbocycles. The summed E-state index contributed by atoms with van der Waals surface area (Å²) in [5.41, 5.74) is 3.65. The Bertz CT molecular complexity index is 1390. The van der Waals surface area contributed by atoms with Crippen LogP contribution in [0.2, 0.25) is 0 Å². The molecule has 2 atom stereocenters. The monoisotopic (exact) mass is 516 g/mol. The lowest BCUT2D eigenvalue weighted by Crippen LogP contribution is -2.58. The highest BCUT2D eigenvalue weighted by molar-refractivity contribution is 7.92. The maximum atomic E-state index is 13.4. The van der Waals surface area contributed by atoms with Gasteiger partial charge >= 0.3 is 0 Å². The van der Waals surface area contributed by atoms with Crippen LogP contribution in [0.5, 0.6) is 0 Å². The van der Waals surface area contributed by atoms with Crippen molar-refractivity contribution in [2.45, 2.75) is 37.4 Å². The fourth-order valence-electron chi connectivity index (χ4n) is 5.29. The van der Waals surface area contributed by atoms with Gasteiger partial charge in [0, 0.05) is 49.5 Å². The molecule has 0 aromatic heterocycles. The summed E-state index contributed by atoms with van der Waals surface area (Å²) in [6, 6.07) is 22.4. The normalized spacial score (nSPS) is 19.7. The minimum absolute atomic E-state index is 0.0399. The van der Waals surface area contributed by atoms with Crippen molar-refractivity contribution in [2.24, 2.45) is 0 Å². The van der Waals surface area contributed by atoms with Gasteiger partial charge in [-0.1, -0.05) is 54.6 Å². The molecule has 3 aromatic rings. The summed E-state index contributed by atoms with van der Waals surface area (Å²) >= 11 is 0. The predicted octanol–water partition coefficient (Wildman–Crippen LogP) is 4.66. The molecule has 2 aliphatic heterocycles. The van der Waals surface area contributed by atoms with E-state index in [1.165, 1.54) is 5.56 Å². The molecule has 2 aliphatic rings. The lowest BCUT2D eigenvalue weighted by Gasteiger charge is -2.44. The van der Waals surface area contributed by atoms with Crippen LogP contribution in [-0.2, 0) is 16.6 Å². The van der Waals surface area contributed by atoms with Gasteiger partial charge in [-0.05, 0) is 55.3 Å². The number of nitrogens with zero attached hydrogens (tertiary/aromatic N) is 2. The first-order chi connectivity index (χ1) is 17.8. The molecular formula is C29H32N4O3S. The van der Waals surface area contributed by atoms with Crippen molar-refractivity contribution in [1.29, 1.82) is 0 Å². The number of amides is 1. The molecule has 1 fully saturated rings. The number of sulfonamides is 1. The van der Waals surface area contributed by atoms with E-state index in [4.69, 9.17) is 0 Å². The van der Waals surface area contributed by atoms with Crippen LogP contribution in [-0.4, -0.2) is 55.8 Å². The van der Waals surface area contributed by atoms with Crippen molar-refractivity contribution in [3.8, 4) is 0 Å². The number of piperazine rings is 1. The molecule has 0 radical (unpaired) electrons. The summed E-state index contributed by atoms with van der Waals surface area (Å²) in [5, 5.41) is 3.15. The van der Waals surface area contributed by atoms with E-state index in [1.807, 2.05) is 41.3 Å². The number of carbonyl (C=O) groups excluding carboxylic acids is 1. The number of carbonyl (C=O) groups is 1. The summed E-state index contributed by atoms with van der Waals surface area (Å²) in [4.78, 5) is 17.9. The fraction of sp³-hybridized carbons (Fsp3) is 0.276. The van der Waals surface area contributed by atoms with Crippen molar-refractivity contribution in [3.05, 3.63) is 95.6 Å². The van der Waals surface area contributed by atoms with E-state index in [0.717, 1.165) is 25.2 Å². The molecule has 0 spiro atoms. The number of hydrogen-bond acceptors (Lipinski definition) is 5.